The minimum Gasteiger partial charge on any atom is -0.459 e. The van der Waals surface area contributed by atoms with Gasteiger partial charge in [0.1, 0.15) is 0 Å². The lowest BCUT2D eigenvalue weighted by Crippen LogP contribution is -2.32. The van der Waals surface area contributed by atoms with Crippen molar-refractivity contribution in [3.63, 3.8) is 0 Å². The van der Waals surface area contributed by atoms with Gasteiger partial charge in [-0.1, -0.05) is 82.7 Å². The smallest absolute Gasteiger partial charge is 0.286 e. The predicted octanol–water partition coefficient (Wildman–Crippen LogP) is 5.19. The molecule has 2 atom stereocenters. The third-order valence-corrected chi connectivity index (χ3v) is 6.05. The molecule has 0 bridgehead atoms. The molecular weight excluding hydrogens is 482 g/mol. The van der Waals surface area contributed by atoms with Crippen molar-refractivity contribution in [1.82, 2.24) is 5.32 Å². The Morgan fingerprint density at radius 2 is 1.67 bits per heavy atom. The normalized spacial score (nSPS) is 17.7. The van der Waals surface area contributed by atoms with E-state index in [1.807, 2.05) is 84.9 Å². The molecule has 0 saturated carbocycles. The molecule has 1 heterocycles. The molecule has 4 rings (SSSR count). The summed E-state index contributed by atoms with van der Waals surface area (Å²) in [6.45, 7) is 0.780. The number of benzene rings is 3. The highest BCUT2D eigenvalue weighted by molar-refractivity contribution is 9.10. The first kappa shape index (κ1) is 23.2. The van der Waals surface area contributed by atoms with Crippen LogP contribution in [-0.2, 0) is 34.0 Å². The van der Waals surface area contributed by atoms with Crippen molar-refractivity contribution in [3.8, 4) is 0 Å². The molecule has 170 valence electrons. The molecule has 0 fully saturated rings. The average molecular weight is 508 g/mol. The third kappa shape index (κ3) is 6.54. The van der Waals surface area contributed by atoms with Gasteiger partial charge in [0.25, 0.3) is 5.91 Å². The molecular formula is C27H26BrNO4. The summed E-state index contributed by atoms with van der Waals surface area (Å²) in [6.07, 6.45) is 1.92. The van der Waals surface area contributed by atoms with Crippen LogP contribution in [0.4, 0.5) is 0 Å². The second-order valence-electron chi connectivity index (χ2n) is 7.93. The summed E-state index contributed by atoms with van der Waals surface area (Å²) in [4.78, 5) is 12.9. The van der Waals surface area contributed by atoms with E-state index in [0.29, 0.717) is 19.6 Å². The molecule has 0 aliphatic carbocycles. The van der Waals surface area contributed by atoms with Gasteiger partial charge in [-0.05, 0) is 40.5 Å². The second kappa shape index (κ2) is 11.3. The number of amides is 1. The minimum absolute atomic E-state index is 0.00793. The summed E-state index contributed by atoms with van der Waals surface area (Å²) in [5.74, 6) is -0.00150. The number of carbonyl (C=O) groups is 1. The monoisotopic (exact) mass is 507 g/mol. The molecule has 0 spiro atoms. The largest absolute Gasteiger partial charge is 0.459 e. The van der Waals surface area contributed by atoms with Gasteiger partial charge in [0.2, 0.25) is 6.29 Å². The summed E-state index contributed by atoms with van der Waals surface area (Å²) in [5.41, 5.74) is 3.94. The van der Waals surface area contributed by atoms with Crippen LogP contribution < -0.4 is 5.32 Å². The first-order valence-electron chi connectivity index (χ1n) is 10.9. The van der Waals surface area contributed by atoms with Crippen molar-refractivity contribution in [2.75, 3.05) is 0 Å². The van der Waals surface area contributed by atoms with E-state index in [-0.39, 0.29) is 24.2 Å². The second-order valence-corrected chi connectivity index (χ2v) is 8.84. The number of halogens is 1. The Morgan fingerprint density at radius 1 is 0.970 bits per heavy atom. The zero-order valence-electron chi connectivity index (χ0n) is 18.1. The fourth-order valence-electron chi connectivity index (χ4n) is 3.66. The average Bonchev–Trinajstić information content (AvgIpc) is 2.87. The van der Waals surface area contributed by atoms with E-state index >= 15 is 0 Å². The first-order chi connectivity index (χ1) is 16.1. The van der Waals surface area contributed by atoms with Crippen molar-refractivity contribution in [3.05, 3.63) is 117 Å². The zero-order valence-corrected chi connectivity index (χ0v) is 19.7. The van der Waals surface area contributed by atoms with E-state index < -0.39 is 6.29 Å². The lowest BCUT2D eigenvalue weighted by Gasteiger charge is -2.29. The number of nitrogens with one attached hydrogen (secondary N) is 1. The lowest BCUT2D eigenvalue weighted by atomic mass is 9.93. The van der Waals surface area contributed by atoms with E-state index in [1.165, 1.54) is 0 Å². The van der Waals surface area contributed by atoms with Gasteiger partial charge in [-0.15, -0.1) is 0 Å². The third-order valence-electron chi connectivity index (χ3n) is 5.52. The molecule has 0 unspecified atom stereocenters. The van der Waals surface area contributed by atoms with Gasteiger partial charge in [-0.3, -0.25) is 4.79 Å². The molecule has 1 aliphatic rings. The maximum atomic E-state index is 12.9. The summed E-state index contributed by atoms with van der Waals surface area (Å²) in [6, 6.07) is 25.4. The number of hydrogen-bond donors (Lipinski definition) is 2. The van der Waals surface area contributed by atoms with Gasteiger partial charge < -0.3 is 19.9 Å². The van der Waals surface area contributed by atoms with E-state index in [9.17, 15) is 9.90 Å². The maximum absolute atomic E-state index is 12.9. The highest BCUT2D eigenvalue weighted by Crippen LogP contribution is 2.32. The number of aliphatic hydroxyl groups excluding tert-OH is 1. The molecule has 6 heteroatoms. The molecule has 5 nitrogen and oxygen atoms in total. The molecule has 0 saturated heterocycles. The number of rotatable bonds is 8. The van der Waals surface area contributed by atoms with Gasteiger partial charge in [0.05, 0.1) is 13.2 Å². The van der Waals surface area contributed by atoms with Gasteiger partial charge >= 0.3 is 0 Å². The highest BCUT2D eigenvalue weighted by Gasteiger charge is 2.28. The van der Waals surface area contributed by atoms with Gasteiger partial charge in [-0.25, -0.2) is 0 Å². The van der Waals surface area contributed by atoms with Crippen LogP contribution in [0.2, 0.25) is 0 Å². The van der Waals surface area contributed by atoms with Crippen molar-refractivity contribution in [1.29, 1.82) is 0 Å². The topological polar surface area (TPSA) is 67.8 Å². The fraction of sp³-hybridized carbons (Fsp3) is 0.222. The molecule has 1 amide bonds. The molecule has 33 heavy (non-hydrogen) atoms. The zero-order chi connectivity index (χ0) is 23.0. The van der Waals surface area contributed by atoms with Crippen LogP contribution in [0.3, 0.4) is 0 Å². The van der Waals surface area contributed by atoms with Gasteiger partial charge in [0, 0.05) is 23.4 Å². The van der Waals surface area contributed by atoms with Crippen molar-refractivity contribution >= 4 is 21.8 Å². The number of ether oxygens (including phenoxy) is 2. The van der Waals surface area contributed by atoms with Gasteiger partial charge in [-0.2, -0.15) is 0 Å². The minimum atomic E-state index is -0.557. The number of aliphatic hydroxyl groups is 1. The summed E-state index contributed by atoms with van der Waals surface area (Å²) >= 11 is 3.48. The molecule has 3 aromatic carbocycles. The standard InChI is InChI=1S/C27H26BrNO4/c28-24-12-10-22(11-13-24)23-14-25(27(31)29-16-19-4-2-1-3-5-19)33-26(15-23)32-18-21-8-6-20(17-30)7-9-21/h1-14,23,26,30H,15-18H2,(H,29,31)/t23-,26+/m0/s1. The Hall–Kier alpha value is -2.93. The maximum Gasteiger partial charge on any atom is 0.286 e. The molecule has 0 radical (unpaired) electrons. The molecule has 0 aromatic heterocycles. The Labute approximate surface area is 202 Å². The van der Waals surface area contributed by atoms with Crippen LogP contribution in [0.15, 0.2) is 95.2 Å². The highest BCUT2D eigenvalue weighted by atomic mass is 79.9. The lowest BCUT2D eigenvalue weighted by molar-refractivity contribution is -0.150. The molecule has 3 aromatic rings. The Balaban J connectivity index is 1.46. The van der Waals surface area contributed by atoms with E-state index in [4.69, 9.17) is 9.47 Å². The fourth-order valence-corrected chi connectivity index (χ4v) is 3.92. The Kier molecular flexibility index (Phi) is 7.94. The predicted molar refractivity (Wildman–Crippen MR) is 130 cm³/mol. The van der Waals surface area contributed by atoms with Crippen LogP contribution in [0.5, 0.6) is 0 Å². The number of allylic oxidation sites excluding steroid dienone is 1. The van der Waals surface area contributed by atoms with E-state index in [0.717, 1.165) is 26.7 Å². The van der Waals surface area contributed by atoms with Crippen molar-refractivity contribution in [2.24, 2.45) is 0 Å². The Morgan fingerprint density at radius 3 is 2.36 bits per heavy atom. The van der Waals surface area contributed by atoms with Crippen LogP contribution in [-0.4, -0.2) is 17.3 Å². The van der Waals surface area contributed by atoms with Crippen molar-refractivity contribution < 1.29 is 19.4 Å². The van der Waals surface area contributed by atoms with Crippen LogP contribution in [0.25, 0.3) is 0 Å². The van der Waals surface area contributed by atoms with Gasteiger partial charge in [0.15, 0.2) is 5.76 Å². The van der Waals surface area contributed by atoms with Crippen LogP contribution in [0.1, 0.15) is 34.6 Å². The number of hydrogen-bond acceptors (Lipinski definition) is 4. The van der Waals surface area contributed by atoms with Crippen molar-refractivity contribution in [2.45, 2.75) is 38.4 Å². The van der Waals surface area contributed by atoms with E-state index in [2.05, 4.69) is 21.2 Å². The van der Waals surface area contributed by atoms with Crippen LogP contribution in [0, 0.1) is 0 Å². The quantitative estimate of drug-likeness (QED) is 0.440. The summed E-state index contributed by atoms with van der Waals surface area (Å²) in [5, 5.41) is 12.2. The van der Waals surface area contributed by atoms with E-state index in [1.54, 1.807) is 0 Å². The first-order valence-corrected chi connectivity index (χ1v) is 11.7. The summed E-state index contributed by atoms with van der Waals surface area (Å²) < 4.78 is 13.0. The van der Waals surface area contributed by atoms with Crippen LogP contribution >= 0.6 is 15.9 Å². The number of carbonyl (C=O) groups excluding carboxylic acids is 1. The SMILES string of the molecule is O=C(NCc1ccccc1)C1=C[C@H](c2ccc(Br)cc2)C[C@H](OCc2ccc(CO)cc2)O1. The summed E-state index contributed by atoms with van der Waals surface area (Å²) in [7, 11) is 0. The molecule has 2 N–H and O–H groups in total. The Bertz CT molecular complexity index is 1080. The molecule has 1 aliphatic heterocycles.